The molecule has 1 heterocycles. The Labute approximate surface area is 126 Å². The molecule has 3 N–H and O–H groups in total. The lowest BCUT2D eigenvalue weighted by Crippen LogP contribution is -2.26. The molecule has 6 nitrogen and oxygen atoms in total. The number of hydrogen-bond donors (Lipinski definition) is 3. The number of carbonyl (C=O) groups excluding carboxylic acids is 1. The van der Waals surface area contributed by atoms with E-state index < -0.39 is 5.92 Å². The van der Waals surface area contributed by atoms with Crippen molar-refractivity contribution in [2.45, 2.75) is 5.92 Å². The highest BCUT2D eigenvalue weighted by molar-refractivity contribution is 6.04. The van der Waals surface area contributed by atoms with E-state index in [-0.39, 0.29) is 35.4 Å². The minimum atomic E-state index is -0.716. The zero-order chi connectivity index (χ0) is 15.9. The minimum Gasteiger partial charge on any atom is -0.508 e. The summed E-state index contributed by atoms with van der Waals surface area (Å²) in [7, 11) is 1.38. The van der Waals surface area contributed by atoms with Crippen LogP contribution in [0, 0.1) is 0 Å². The van der Waals surface area contributed by atoms with Crippen LogP contribution in [0.2, 0.25) is 0 Å². The third-order valence-electron chi connectivity index (χ3n) is 3.66. The Morgan fingerprint density at radius 2 is 1.91 bits per heavy atom. The molecule has 1 atom stereocenters. The lowest BCUT2D eigenvalue weighted by molar-refractivity contribution is 0.0893. The quantitative estimate of drug-likeness (QED) is 0.787. The van der Waals surface area contributed by atoms with Gasteiger partial charge in [0.25, 0.3) is 0 Å². The van der Waals surface area contributed by atoms with Crippen LogP contribution in [0.15, 0.2) is 30.3 Å². The number of rotatable bonds is 2. The Balaban J connectivity index is 2.04. The molecule has 22 heavy (non-hydrogen) atoms. The summed E-state index contributed by atoms with van der Waals surface area (Å²) < 4.78 is 10.5. The molecule has 1 aliphatic heterocycles. The van der Waals surface area contributed by atoms with Gasteiger partial charge in [-0.3, -0.25) is 4.79 Å². The van der Waals surface area contributed by atoms with Gasteiger partial charge in [-0.15, -0.1) is 0 Å². The molecule has 0 spiro atoms. The summed E-state index contributed by atoms with van der Waals surface area (Å²) in [5.74, 6) is -0.876. The van der Waals surface area contributed by atoms with Gasteiger partial charge in [0.05, 0.1) is 18.6 Å². The molecule has 0 saturated heterocycles. The maximum atomic E-state index is 12.6. The van der Waals surface area contributed by atoms with E-state index in [4.69, 9.17) is 9.47 Å². The number of phenolic OH excluding ortho intramolecular Hbond substituents is 3. The first kappa shape index (κ1) is 14.1. The van der Waals surface area contributed by atoms with Gasteiger partial charge in [-0.2, -0.15) is 0 Å². The van der Waals surface area contributed by atoms with Crippen LogP contribution in [0.4, 0.5) is 0 Å². The molecule has 0 radical (unpaired) electrons. The van der Waals surface area contributed by atoms with Gasteiger partial charge in [0.15, 0.2) is 17.3 Å². The monoisotopic (exact) mass is 302 g/mol. The van der Waals surface area contributed by atoms with Gasteiger partial charge in [0.1, 0.15) is 23.9 Å². The molecule has 2 aromatic rings. The molecule has 3 rings (SSSR count). The molecule has 0 amide bonds. The first-order valence-corrected chi connectivity index (χ1v) is 6.61. The Bertz CT molecular complexity index is 753. The molecule has 0 aromatic heterocycles. The maximum Gasteiger partial charge on any atom is 0.177 e. The number of aromatic hydroxyl groups is 3. The molecule has 6 heteroatoms. The molecule has 0 saturated carbocycles. The van der Waals surface area contributed by atoms with E-state index in [1.165, 1.54) is 31.4 Å². The zero-order valence-electron chi connectivity index (χ0n) is 11.7. The SMILES string of the molecule is COc1cc(C2COc3cc(O)ccc3C2=O)c(O)cc1O. The van der Waals surface area contributed by atoms with E-state index in [1.807, 2.05) is 0 Å². The van der Waals surface area contributed by atoms with E-state index >= 15 is 0 Å². The average molecular weight is 302 g/mol. The summed E-state index contributed by atoms with van der Waals surface area (Å²) >= 11 is 0. The van der Waals surface area contributed by atoms with Crippen molar-refractivity contribution in [1.82, 2.24) is 0 Å². The number of ether oxygens (including phenoxy) is 2. The van der Waals surface area contributed by atoms with Gasteiger partial charge in [-0.05, 0) is 18.2 Å². The first-order chi connectivity index (χ1) is 10.5. The summed E-state index contributed by atoms with van der Waals surface area (Å²) in [5.41, 5.74) is 0.652. The second-order valence-corrected chi connectivity index (χ2v) is 4.99. The number of carbonyl (C=O) groups is 1. The summed E-state index contributed by atoms with van der Waals surface area (Å²) in [4.78, 5) is 12.6. The van der Waals surface area contributed by atoms with Gasteiger partial charge in [0, 0.05) is 17.7 Å². The number of phenols is 3. The van der Waals surface area contributed by atoms with Crippen LogP contribution in [0.3, 0.4) is 0 Å². The van der Waals surface area contributed by atoms with Crippen molar-refractivity contribution in [3.63, 3.8) is 0 Å². The van der Waals surface area contributed by atoms with E-state index in [2.05, 4.69) is 0 Å². The predicted molar refractivity (Wildman–Crippen MR) is 77.0 cm³/mol. The largest absolute Gasteiger partial charge is 0.508 e. The number of methoxy groups -OCH3 is 1. The lowest BCUT2D eigenvalue weighted by Gasteiger charge is -2.25. The maximum absolute atomic E-state index is 12.6. The summed E-state index contributed by atoms with van der Waals surface area (Å²) in [6.45, 7) is 0.0246. The summed E-state index contributed by atoms with van der Waals surface area (Å²) in [5, 5.41) is 29.1. The van der Waals surface area contributed by atoms with Crippen LogP contribution in [-0.4, -0.2) is 34.8 Å². The summed E-state index contributed by atoms with van der Waals surface area (Å²) in [6.07, 6.45) is 0. The average Bonchev–Trinajstić information content (AvgIpc) is 2.48. The normalized spacial score (nSPS) is 16.8. The Kier molecular flexibility index (Phi) is 3.29. The van der Waals surface area contributed by atoms with Crippen molar-refractivity contribution in [1.29, 1.82) is 0 Å². The standard InChI is InChI=1S/C16H14O6/c1-21-15-5-10(12(18)6-13(15)19)11-7-22-14-4-8(17)2-3-9(14)16(11)20/h2-6,11,17-19H,7H2,1H3. The number of ketones is 1. The molecular formula is C16H14O6. The highest BCUT2D eigenvalue weighted by Crippen LogP contribution is 2.41. The Morgan fingerprint density at radius 3 is 2.64 bits per heavy atom. The van der Waals surface area contributed by atoms with Crippen molar-refractivity contribution in [3.05, 3.63) is 41.5 Å². The van der Waals surface area contributed by atoms with E-state index in [0.29, 0.717) is 16.9 Å². The highest BCUT2D eigenvalue weighted by Gasteiger charge is 2.32. The molecule has 114 valence electrons. The van der Waals surface area contributed by atoms with Crippen molar-refractivity contribution < 1.29 is 29.6 Å². The van der Waals surface area contributed by atoms with Crippen LogP contribution in [0.25, 0.3) is 0 Å². The van der Waals surface area contributed by atoms with Crippen LogP contribution in [0.5, 0.6) is 28.7 Å². The molecule has 0 aliphatic carbocycles. The van der Waals surface area contributed by atoms with Crippen LogP contribution >= 0.6 is 0 Å². The van der Waals surface area contributed by atoms with E-state index in [1.54, 1.807) is 0 Å². The number of fused-ring (bicyclic) bond motifs is 1. The van der Waals surface area contributed by atoms with Crippen molar-refractivity contribution in [3.8, 4) is 28.7 Å². The van der Waals surface area contributed by atoms with Crippen molar-refractivity contribution >= 4 is 5.78 Å². The van der Waals surface area contributed by atoms with E-state index in [0.717, 1.165) is 6.07 Å². The zero-order valence-corrected chi connectivity index (χ0v) is 11.7. The van der Waals surface area contributed by atoms with Crippen LogP contribution < -0.4 is 9.47 Å². The topological polar surface area (TPSA) is 96.2 Å². The Hall–Kier alpha value is -2.89. The van der Waals surface area contributed by atoms with E-state index in [9.17, 15) is 20.1 Å². The first-order valence-electron chi connectivity index (χ1n) is 6.61. The molecular weight excluding hydrogens is 288 g/mol. The number of hydrogen-bond acceptors (Lipinski definition) is 6. The second kappa shape index (κ2) is 5.14. The second-order valence-electron chi connectivity index (χ2n) is 4.99. The van der Waals surface area contributed by atoms with Gasteiger partial charge >= 0.3 is 0 Å². The van der Waals surface area contributed by atoms with Gasteiger partial charge in [0.2, 0.25) is 0 Å². The predicted octanol–water partition coefficient (Wildman–Crippen LogP) is 2.17. The fourth-order valence-corrected chi connectivity index (χ4v) is 2.52. The van der Waals surface area contributed by atoms with Crippen molar-refractivity contribution in [2.75, 3.05) is 13.7 Å². The van der Waals surface area contributed by atoms with Crippen molar-refractivity contribution in [2.24, 2.45) is 0 Å². The molecule has 0 fully saturated rings. The molecule has 1 aliphatic rings. The highest BCUT2D eigenvalue weighted by atomic mass is 16.5. The summed E-state index contributed by atoms with van der Waals surface area (Å²) in [6, 6.07) is 6.81. The number of benzene rings is 2. The van der Waals surface area contributed by atoms with Gasteiger partial charge < -0.3 is 24.8 Å². The van der Waals surface area contributed by atoms with Gasteiger partial charge in [-0.1, -0.05) is 0 Å². The lowest BCUT2D eigenvalue weighted by atomic mass is 9.88. The number of Topliss-reactive ketones (excluding diaryl/α,β-unsaturated/α-hetero) is 1. The fraction of sp³-hybridized carbons (Fsp3) is 0.188. The molecule has 0 bridgehead atoms. The fourth-order valence-electron chi connectivity index (χ4n) is 2.52. The third kappa shape index (κ3) is 2.18. The molecule has 2 aromatic carbocycles. The minimum absolute atomic E-state index is 0.0131. The third-order valence-corrected chi connectivity index (χ3v) is 3.66. The van der Waals surface area contributed by atoms with Crippen LogP contribution in [0.1, 0.15) is 21.8 Å². The smallest absolute Gasteiger partial charge is 0.177 e. The van der Waals surface area contributed by atoms with Gasteiger partial charge in [-0.25, -0.2) is 0 Å². The molecule has 1 unspecified atom stereocenters. The van der Waals surface area contributed by atoms with Crippen LogP contribution in [-0.2, 0) is 0 Å². The Morgan fingerprint density at radius 1 is 1.14 bits per heavy atom.